The Morgan fingerprint density at radius 3 is 1.06 bits per heavy atom. The summed E-state index contributed by atoms with van der Waals surface area (Å²) in [6.07, 6.45) is -6.24. The van der Waals surface area contributed by atoms with Gasteiger partial charge in [0.05, 0.1) is 11.5 Å². The highest BCUT2D eigenvalue weighted by atomic mass is 127. The van der Waals surface area contributed by atoms with Crippen LogP contribution in [0.5, 0.6) is 5.75 Å². The third-order valence-electron chi connectivity index (χ3n) is 9.84. The van der Waals surface area contributed by atoms with E-state index in [1.54, 1.807) is 0 Å². The molecule has 0 saturated carbocycles. The fourth-order valence-electron chi connectivity index (χ4n) is 6.94. The van der Waals surface area contributed by atoms with Gasteiger partial charge in [-0.1, -0.05) is 94.9 Å². The molecule has 0 spiro atoms. The second kappa shape index (κ2) is 21.7. The van der Waals surface area contributed by atoms with Crippen LogP contribution in [-0.2, 0) is 0 Å². The second-order valence-corrected chi connectivity index (χ2v) is 19.2. The van der Waals surface area contributed by atoms with E-state index in [0.717, 1.165) is 18.1 Å². The predicted molar refractivity (Wildman–Crippen MR) is 222 cm³/mol. The van der Waals surface area contributed by atoms with E-state index in [-0.39, 0.29) is 21.2 Å². The Hall–Kier alpha value is -4.48. The third kappa shape index (κ3) is 9.56. The molecule has 0 N–H and O–H groups in total. The van der Waals surface area contributed by atoms with E-state index in [9.17, 15) is 52.7 Å². The molecule has 0 bridgehead atoms. The Balaban J connectivity index is 0.000000276. The van der Waals surface area contributed by atoms with Crippen LogP contribution in [0.1, 0.15) is 0 Å². The first-order valence-corrected chi connectivity index (χ1v) is 23.1. The van der Waals surface area contributed by atoms with Crippen LogP contribution in [0, 0.1) is 100 Å². The molecule has 68 heavy (non-hydrogen) atoms. The number of para-hydroxylation sites is 1. The standard InChI is InChI=1S/C24BCl4F16.C20H18IOS/c26-5-1(9(30)17(38)21(42)13(5)34)25(2-6(27)14(35)22(43)18(39)10(2)31,3-7(28)15(36)23(44)19(40)11(3)32)4-8(29)16(37)24(45)20(41)12(4)33;1-3-9-17(10-4-1)21-19-13-7-8-14-20(19)23-16-15-22-18-11-5-2-6-12-18/h;1-14H,15-16H2/q-1;+1. The number of hydrogen-bond acceptors (Lipinski definition) is 2. The molecule has 0 radical (unpaired) electrons. The van der Waals surface area contributed by atoms with Gasteiger partial charge in [0.15, 0.2) is 73.4 Å². The number of thioether (sulfide) groups is 1. The monoisotopic (exact) mass is 1180 g/mol. The maximum Gasteiger partial charge on any atom is 0.359 e. The Labute approximate surface area is 408 Å². The first-order chi connectivity index (χ1) is 32.1. The molecule has 24 heteroatoms. The fourth-order valence-corrected chi connectivity index (χ4v) is 12.0. The molecule has 0 aliphatic heterocycles. The van der Waals surface area contributed by atoms with Crippen molar-refractivity contribution in [1.29, 1.82) is 0 Å². The number of rotatable bonds is 11. The highest BCUT2D eigenvalue weighted by Crippen LogP contribution is 2.36. The third-order valence-corrected chi connectivity index (χ3v) is 15.6. The normalized spacial score (nSPS) is 11.5. The quantitative estimate of drug-likeness (QED) is 0.0243. The van der Waals surface area contributed by atoms with Gasteiger partial charge in [0.1, 0.15) is 35.2 Å². The summed E-state index contributed by atoms with van der Waals surface area (Å²) in [6.45, 7) is 0.729. The van der Waals surface area contributed by atoms with E-state index in [2.05, 4.69) is 54.6 Å². The number of benzene rings is 7. The minimum Gasteiger partial charge on any atom is -0.493 e. The average molecular weight is 1180 g/mol. The Morgan fingerprint density at radius 2 is 0.691 bits per heavy atom. The number of halogens is 21. The lowest BCUT2D eigenvalue weighted by atomic mass is 9.12. The minimum absolute atomic E-state index is 0.121. The summed E-state index contributed by atoms with van der Waals surface area (Å²) in [4.78, 5) is 1.39. The van der Waals surface area contributed by atoms with Crippen LogP contribution in [0.2, 0.25) is 20.1 Å². The highest BCUT2D eigenvalue weighted by molar-refractivity contribution is 7.99. The molecule has 7 aromatic rings. The SMILES string of the molecule is Fc1c(F)c(F)c([B-](c2c(F)c(F)c(F)c(F)c2Cl)(c2c(F)c(F)c(F)c(F)c2Cl)c2c(F)c(F)c(F)c(F)c2Cl)c(Cl)c1F.c1ccc(OCCSc2ccccc2[I+]c2ccccc2)cc1. The number of ether oxygens (including phenoxy) is 1. The lowest BCUT2D eigenvalue weighted by Crippen LogP contribution is -3.61. The maximum absolute atomic E-state index is 15.8. The van der Waals surface area contributed by atoms with Crippen molar-refractivity contribution >= 4 is 86.2 Å². The van der Waals surface area contributed by atoms with Crippen molar-refractivity contribution in [3.63, 3.8) is 0 Å². The molecule has 1 nitrogen and oxygen atoms in total. The first kappa shape index (κ1) is 52.9. The molecule has 0 aliphatic carbocycles. The van der Waals surface area contributed by atoms with E-state index in [1.165, 1.54) is 12.0 Å². The van der Waals surface area contributed by atoms with Crippen molar-refractivity contribution in [2.24, 2.45) is 0 Å². The summed E-state index contributed by atoms with van der Waals surface area (Å²) < 4.78 is 247. The molecular weight excluding hydrogens is 1160 g/mol. The highest BCUT2D eigenvalue weighted by Gasteiger charge is 2.51. The van der Waals surface area contributed by atoms with Crippen LogP contribution in [0.4, 0.5) is 70.2 Å². The average Bonchev–Trinajstić information content (AvgIpc) is 3.34. The van der Waals surface area contributed by atoms with Crippen molar-refractivity contribution in [1.82, 2.24) is 0 Å². The topological polar surface area (TPSA) is 9.23 Å². The van der Waals surface area contributed by atoms with E-state index in [0.29, 0.717) is 0 Å². The smallest absolute Gasteiger partial charge is 0.359 e. The van der Waals surface area contributed by atoms with Gasteiger partial charge in [-0.2, -0.15) is 0 Å². The van der Waals surface area contributed by atoms with E-state index < -0.39 is 141 Å². The van der Waals surface area contributed by atoms with Gasteiger partial charge in [0, 0.05) is 25.8 Å². The Morgan fingerprint density at radius 1 is 0.382 bits per heavy atom. The van der Waals surface area contributed by atoms with Gasteiger partial charge in [-0.15, -0.1) is 33.6 Å². The summed E-state index contributed by atoms with van der Waals surface area (Å²) in [5.41, 5.74) is -10.7. The Bertz CT molecular complexity index is 2690. The zero-order valence-electron chi connectivity index (χ0n) is 32.8. The Kier molecular flexibility index (Phi) is 16.8. The molecule has 0 saturated heterocycles. The zero-order chi connectivity index (χ0) is 50.1. The van der Waals surface area contributed by atoms with E-state index in [4.69, 9.17) is 51.1 Å². The van der Waals surface area contributed by atoms with Gasteiger partial charge in [-0.3, -0.25) is 0 Å². The van der Waals surface area contributed by atoms with Crippen molar-refractivity contribution in [3.8, 4) is 5.75 Å². The van der Waals surface area contributed by atoms with E-state index >= 15 is 17.6 Å². The van der Waals surface area contributed by atoms with Gasteiger partial charge < -0.3 is 4.74 Å². The summed E-state index contributed by atoms with van der Waals surface area (Å²) in [7, 11) is 0. The van der Waals surface area contributed by atoms with Crippen LogP contribution < -0.4 is 47.8 Å². The van der Waals surface area contributed by atoms with Crippen LogP contribution in [0.25, 0.3) is 0 Å². The maximum atomic E-state index is 15.8. The van der Waals surface area contributed by atoms with Crippen LogP contribution in [-0.4, -0.2) is 18.5 Å². The van der Waals surface area contributed by atoms with Gasteiger partial charge in [-0.25, -0.2) is 70.2 Å². The summed E-state index contributed by atoms with van der Waals surface area (Å²) >= 11 is 24.0. The largest absolute Gasteiger partial charge is 0.493 e. The van der Waals surface area contributed by atoms with Crippen molar-refractivity contribution < 1.29 is 96.2 Å². The summed E-state index contributed by atoms with van der Waals surface area (Å²) in [5.74, 6) is -46.4. The van der Waals surface area contributed by atoms with Crippen molar-refractivity contribution in [2.75, 3.05) is 12.4 Å². The molecule has 0 fully saturated rings. The summed E-state index contributed by atoms with van der Waals surface area (Å²) in [5, 5.41) is -9.69. The van der Waals surface area contributed by atoms with Gasteiger partial charge in [0.25, 0.3) is 0 Å². The molecule has 0 amide bonds. The molecule has 356 valence electrons. The molecule has 0 atom stereocenters. The zero-order valence-corrected chi connectivity index (χ0v) is 38.8. The molecular formula is C44H18BCl4F16IOS. The lowest BCUT2D eigenvalue weighted by molar-refractivity contribution is -0.601. The summed E-state index contributed by atoms with van der Waals surface area (Å²) in [6, 6.07) is 29.5. The number of hydrogen-bond donors (Lipinski definition) is 0. The molecule has 0 unspecified atom stereocenters. The van der Waals surface area contributed by atoms with Crippen molar-refractivity contribution in [3.05, 3.63) is 205 Å². The van der Waals surface area contributed by atoms with Crippen LogP contribution in [0.3, 0.4) is 0 Å². The van der Waals surface area contributed by atoms with Gasteiger partial charge in [0.2, 0.25) is 3.57 Å². The molecule has 0 aromatic heterocycles. The van der Waals surface area contributed by atoms with Crippen LogP contribution >= 0.6 is 58.2 Å². The first-order valence-electron chi connectivity index (χ1n) is 18.4. The lowest BCUT2D eigenvalue weighted by Gasteiger charge is -2.46. The van der Waals surface area contributed by atoms with E-state index in [1.807, 2.05) is 42.1 Å². The van der Waals surface area contributed by atoms with Crippen LogP contribution in [0.15, 0.2) is 89.8 Å². The molecule has 0 aliphatic rings. The van der Waals surface area contributed by atoms with Gasteiger partial charge >= 0.3 is 21.2 Å². The second-order valence-electron chi connectivity index (χ2n) is 13.6. The van der Waals surface area contributed by atoms with Crippen molar-refractivity contribution in [2.45, 2.75) is 4.90 Å². The van der Waals surface area contributed by atoms with Gasteiger partial charge in [-0.05, 0) is 36.4 Å². The molecule has 7 aromatic carbocycles. The minimum atomic E-state index is -6.24. The fraction of sp³-hybridized carbons (Fsp3) is 0.0455. The predicted octanol–water partition coefficient (Wildman–Crippen LogP) is 9.89. The molecule has 7 rings (SSSR count). The molecule has 0 heterocycles.